The summed E-state index contributed by atoms with van der Waals surface area (Å²) >= 11 is 0. The number of nitrogens with zero attached hydrogens (tertiary/aromatic N) is 2. The van der Waals surface area contributed by atoms with Crippen molar-refractivity contribution in [1.82, 2.24) is 4.90 Å². The van der Waals surface area contributed by atoms with Crippen LogP contribution in [0, 0.1) is 5.92 Å². The zero-order valence-electron chi connectivity index (χ0n) is 16.7. The third kappa shape index (κ3) is 5.70. The lowest BCUT2D eigenvalue weighted by Gasteiger charge is -2.28. The summed E-state index contributed by atoms with van der Waals surface area (Å²) in [5.41, 5.74) is 5.05. The summed E-state index contributed by atoms with van der Waals surface area (Å²) in [5, 5.41) is 2.38. The number of nitrogens with two attached hydrogens (primary N) is 1. The molecule has 0 aliphatic carbocycles. The molecule has 160 valence electrons. The highest BCUT2D eigenvalue weighted by molar-refractivity contribution is 6.10. The summed E-state index contributed by atoms with van der Waals surface area (Å²) in [6.45, 7) is 4.67. The van der Waals surface area contributed by atoms with E-state index in [1.54, 1.807) is 7.05 Å². The van der Waals surface area contributed by atoms with E-state index in [0.717, 1.165) is 6.07 Å². The van der Waals surface area contributed by atoms with Crippen LogP contribution >= 0.6 is 0 Å². The fourth-order valence-corrected chi connectivity index (χ4v) is 3.23. The van der Waals surface area contributed by atoms with Crippen LogP contribution in [0.5, 0.6) is 0 Å². The number of anilines is 2. The van der Waals surface area contributed by atoms with Gasteiger partial charge in [-0.05, 0) is 31.2 Å². The minimum absolute atomic E-state index is 0.120. The Morgan fingerprint density at radius 2 is 2.03 bits per heavy atom. The van der Waals surface area contributed by atoms with Crippen molar-refractivity contribution in [2.24, 2.45) is 11.7 Å². The number of benzene rings is 1. The molecule has 0 aromatic heterocycles. The highest BCUT2D eigenvalue weighted by atomic mass is 19.3. The van der Waals surface area contributed by atoms with Gasteiger partial charge in [-0.2, -0.15) is 0 Å². The van der Waals surface area contributed by atoms with Crippen LogP contribution in [-0.2, 0) is 19.1 Å². The van der Waals surface area contributed by atoms with Gasteiger partial charge in [0.25, 0.3) is 18.2 Å². The highest BCUT2D eigenvalue weighted by Gasteiger charge is 2.30. The lowest BCUT2D eigenvalue weighted by molar-refractivity contribution is -0.132. The van der Waals surface area contributed by atoms with Gasteiger partial charge in [-0.15, -0.1) is 0 Å². The molecule has 2 rings (SSSR count). The van der Waals surface area contributed by atoms with E-state index in [9.17, 15) is 23.2 Å². The van der Waals surface area contributed by atoms with Crippen LogP contribution in [0.25, 0.3) is 0 Å². The third-order valence-electron chi connectivity index (χ3n) is 4.44. The number of nitrogens with one attached hydrogen (secondary N) is 1. The van der Waals surface area contributed by atoms with Crippen LogP contribution in [0.4, 0.5) is 20.2 Å². The van der Waals surface area contributed by atoms with E-state index < -0.39 is 29.8 Å². The number of primary amides is 1. The molecule has 3 N–H and O–H groups in total. The minimum atomic E-state index is -2.90. The molecule has 1 saturated heterocycles. The van der Waals surface area contributed by atoms with Gasteiger partial charge in [-0.25, -0.2) is 8.78 Å². The maximum absolute atomic E-state index is 13.6. The summed E-state index contributed by atoms with van der Waals surface area (Å²) in [5.74, 6) is -1.84. The number of morpholine rings is 1. The highest BCUT2D eigenvalue weighted by Crippen LogP contribution is 2.32. The number of ether oxygens (including phenoxy) is 1. The standard InChI is InChI=1S/C19H26F2N4O4/c1-11(2)9-24(3)16(18(22)27)19(28)23-14-5-4-12(8-13(14)17(20)21)25-6-7-29-10-15(25)26/h4-5,8,11,16-17H,6-7,9-10H2,1-3H3,(H2,22,27)(H,23,28)/t16-/m1/s1. The topological polar surface area (TPSA) is 105 Å². The van der Waals surface area contributed by atoms with Gasteiger partial charge in [-0.1, -0.05) is 13.8 Å². The molecule has 1 aliphatic rings. The van der Waals surface area contributed by atoms with E-state index in [1.807, 2.05) is 13.8 Å². The van der Waals surface area contributed by atoms with Gasteiger partial charge in [0.1, 0.15) is 6.61 Å². The van der Waals surface area contributed by atoms with Crippen LogP contribution in [0.3, 0.4) is 0 Å². The molecule has 1 aromatic rings. The van der Waals surface area contributed by atoms with E-state index in [0.29, 0.717) is 13.2 Å². The van der Waals surface area contributed by atoms with E-state index in [-0.39, 0.29) is 36.4 Å². The molecular weight excluding hydrogens is 386 g/mol. The lowest BCUT2D eigenvalue weighted by Crippen LogP contribution is -2.51. The average molecular weight is 412 g/mol. The molecule has 1 atom stereocenters. The smallest absolute Gasteiger partial charge is 0.265 e. The number of likely N-dealkylation sites (N-methyl/N-ethyl adjacent to an activating group) is 1. The Hall–Kier alpha value is -2.59. The molecule has 1 aromatic carbocycles. The number of hydrogen-bond donors (Lipinski definition) is 2. The summed E-state index contributed by atoms with van der Waals surface area (Å²) in [7, 11) is 1.57. The van der Waals surface area contributed by atoms with Crippen molar-refractivity contribution in [2.75, 3.05) is 43.6 Å². The first-order valence-corrected chi connectivity index (χ1v) is 9.22. The first-order chi connectivity index (χ1) is 13.6. The summed E-state index contributed by atoms with van der Waals surface area (Å²) in [6.07, 6.45) is -2.90. The van der Waals surface area contributed by atoms with Crippen molar-refractivity contribution in [1.29, 1.82) is 0 Å². The molecule has 8 nitrogen and oxygen atoms in total. The fraction of sp³-hybridized carbons (Fsp3) is 0.526. The number of carbonyl (C=O) groups excluding carboxylic acids is 3. The van der Waals surface area contributed by atoms with E-state index in [1.165, 1.54) is 21.9 Å². The predicted octanol–water partition coefficient (Wildman–Crippen LogP) is 1.37. The van der Waals surface area contributed by atoms with Crippen molar-refractivity contribution < 1.29 is 27.9 Å². The van der Waals surface area contributed by atoms with Crippen LogP contribution in [0.15, 0.2) is 18.2 Å². The summed E-state index contributed by atoms with van der Waals surface area (Å²) in [6, 6.07) is 2.60. The lowest BCUT2D eigenvalue weighted by atomic mass is 10.1. The van der Waals surface area contributed by atoms with Gasteiger partial charge in [0.2, 0.25) is 5.91 Å². The van der Waals surface area contributed by atoms with Crippen molar-refractivity contribution in [3.8, 4) is 0 Å². The van der Waals surface area contributed by atoms with Gasteiger partial charge in [0.15, 0.2) is 6.04 Å². The van der Waals surface area contributed by atoms with E-state index in [2.05, 4.69) is 5.32 Å². The Kier molecular flexibility index (Phi) is 7.63. The number of carbonyl (C=O) groups is 3. The van der Waals surface area contributed by atoms with E-state index >= 15 is 0 Å². The van der Waals surface area contributed by atoms with Gasteiger partial charge in [-0.3, -0.25) is 19.3 Å². The largest absolute Gasteiger partial charge is 0.370 e. The SMILES string of the molecule is CC(C)CN(C)[C@H](C(N)=O)C(=O)Nc1ccc(N2CCOCC2=O)cc1C(F)F. The fourth-order valence-electron chi connectivity index (χ4n) is 3.23. The molecule has 0 bridgehead atoms. The quantitative estimate of drug-likeness (QED) is 0.628. The molecule has 1 fully saturated rings. The second-order valence-corrected chi connectivity index (χ2v) is 7.30. The van der Waals surface area contributed by atoms with Crippen LogP contribution in [0.1, 0.15) is 25.8 Å². The van der Waals surface area contributed by atoms with Gasteiger partial charge >= 0.3 is 0 Å². The number of amides is 3. The summed E-state index contributed by atoms with van der Waals surface area (Å²) < 4.78 is 32.3. The molecule has 0 radical (unpaired) electrons. The monoisotopic (exact) mass is 412 g/mol. The minimum Gasteiger partial charge on any atom is -0.370 e. The Morgan fingerprint density at radius 3 is 2.59 bits per heavy atom. The molecule has 0 unspecified atom stereocenters. The van der Waals surface area contributed by atoms with Crippen LogP contribution in [-0.4, -0.2) is 62.0 Å². The Bertz CT molecular complexity index is 773. The summed E-state index contributed by atoms with van der Waals surface area (Å²) in [4.78, 5) is 39.2. The molecule has 0 spiro atoms. The second kappa shape index (κ2) is 9.75. The first kappa shape index (κ1) is 22.7. The maximum Gasteiger partial charge on any atom is 0.265 e. The Labute approximate surface area is 168 Å². The Balaban J connectivity index is 2.27. The molecule has 0 saturated carbocycles. The molecule has 1 heterocycles. The molecular formula is C19H26F2N4O4. The van der Waals surface area contributed by atoms with Gasteiger partial charge in [0, 0.05) is 30.0 Å². The number of halogens is 2. The van der Waals surface area contributed by atoms with Crippen molar-refractivity contribution in [3.63, 3.8) is 0 Å². The zero-order valence-corrected chi connectivity index (χ0v) is 16.7. The number of alkyl halides is 2. The van der Waals surface area contributed by atoms with Crippen molar-refractivity contribution in [2.45, 2.75) is 26.3 Å². The molecule has 10 heteroatoms. The predicted molar refractivity (Wildman–Crippen MR) is 104 cm³/mol. The van der Waals surface area contributed by atoms with Gasteiger partial charge in [0.05, 0.1) is 6.61 Å². The number of rotatable bonds is 8. The first-order valence-electron chi connectivity index (χ1n) is 9.22. The average Bonchev–Trinajstić information content (AvgIpc) is 2.61. The molecule has 3 amide bonds. The van der Waals surface area contributed by atoms with Crippen molar-refractivity contribution in [3.05, 3.63) is 23.8 Å². The zero-order chi connectivity index (χ0) is 21.7. The second-order valence-electron chi connectivity index (χ2n) is 7.30. The normalized spacial score (nSPS) is 15.9. The van der Waals surface area contributed by atoms with Crippen LogP contribution < -0.4 is 16.0 Å². The molecule has 29 heavy (non-hydrogen) atoms. The van der Waals surface area contributed by atoms with Gasteiger partial charge < -0.3 is 20.7 Å². The Morgan fingerprint density at radius 1 is 1.34 bits per heavy atom. The van der Waals surface area contributed by atoms with E-state index in [4.69, 9.17) is 10.5 Å². The third-order valence-corrected chi connectivity index (χ3v) is 4.44. The maximum atomic E-state index is 13.6. The number of hydrogen-bond acceptors (Lipinski definition) is 5. The van der Waals surface area contributed by atoms with Crippen LogP contribution in [0.2, 0.25) is 0 Å². The van der Waals surface area contributed by atoms with Crippen molar-refractivity contribution >= 4 is 29.1 Å². The molecule has 1 aliphatic heterocycles.